The molecule has 6 nitrogen and oxygen atoms in total. The minimum absolute atomic E-state index is 0.0389. The van der Waals surface area contributed by atoms with Crippen LogP contribution in [-0.2, 0) is 9.53 Å². The lowest BCUT2D eigenvalue weighted by Crippen LogP contribution is -2.49. The fourth-order valence-corrected chi connectivity index (χ4v) is 2.03. The summed E-state index contributed by atoms with van der Waals surface area (Å²) in [5.41, 5.74) is 0.662. The van der Waals surface area contributed by atoms with Gasteiger partial charge in [-0.2, -0.15) is 0 Å². The van der Waals surface area contributed by atoms with Crippen molar-refractivity contribution in [3.8, 4) is 0 Å². The summed E-state index contributed by atoms with van der Waals surface area (Å²) in [7, 11) is 0. The van der Waals surface area contributed by atoms with Gasteiger partial charge in [0.1, 0.15) is 5.78 Å². The summed E-state index contributed by atoms with van der Waals surface area (Å²) >= 11 is 0. The first-order valence-electron chi connectivity index (χ1n) is 5.89. The van der Waals surface area contributed by atoms with Crippen LogP contribution in [0.3, 0.4) is 0 Å². The molecule has 0 N–H and O–H groups in total. The zero-order valence-corrected chi connectivity index (χ0v) is 10.5. The molecule has 2 rings (SSSR count). The van der Waals surface area contributed by atoms with E-state index in [9.17, 15) is 9.59 Å². The molecule has 1 aromatic heterocycles. The van der Waals surface area contributed by atoms with E-state index in [1.165, 1.54) is 6.92 Å². The molecule has 6 heteroatoms. The Hall–Kier alpha value is -1.69. The average Bonchev–Trinajstić information content (AvgIpc) is 2.75. The Morgan fingerprint density at radius 3 is 2.94 bits per heavy atom. The molecule has 1 amide bonds. The second-order valence-electron chi connectivity index (χ2n) is 4.47. The lowest BCUT2D eigenvalue weighted by atomic mass is 10.1. The second kappa shape index (κ2) is 5.30. The van der Waals surface area contributed by atoms with Gasteiger partial charge < -0.3 is 14.2 Å². The second-order valence-corrected chi connectivity index (χ2v) is 4.47. The molecule has 0 saturated carbocycles. The van der Waals surface area contributed by atoms with Crippen LogP contribution in [0.5, 0.6) is 0 Å². The maximum absolute atomic E-state index is 12.2. The normalized spacial score (nSPS) is 19.9. The van der Waals surface area contributed by atoms with Crippen LogP contribution < -0.4 is 0 Å². The highest BCUT2D eigenvalue weighted by Crippen LogP contribution is 2.15. The van der Waals surface area contributed by atoms with Crippen molar-refractivity contribution in [2.75, 3.05) is 19.8 Å². The van der Waals surface area contributed by atoms with Crippen LogP contribution >= 0.6 is 0 Å². The number of morpholine rings is 1. The number of aromatic nitrogens is 1. The fourth-order valence-electron chi connectivity index (χ4n) is 2.03. The molecule has 1 aliphatic heterocycles. The van der Waals surface area contributed by atoms with Gasteiger partial charge in [0, 0.05) is 19.0 Å². The van der Waals surface area contributed by atoms with Crippen LogP contribution in [-0.4, -0.2) is 47.5 Å². The van der Waals surface area contributed by atoms with E-state index in [0.717, 1.165) is 0 Å². The highest BCUT2D eigenvalue weighted by molar-refractivity contribution is 5.92. The van der Waals surface area contributed by atoms with E-state index in [4.69, 9.17) is 9.26 Å². The number of carbonyl (C=O) groups excluding carboxylic acids is 2. The van der Waals surface area contributed by atoms with E-state index in [-0.39, 0.29) is 23.5 Å². The molecule has 2 heterocycles. The number of hydrogen-bond donors (Lipinski definition) is 0. The van der Waals surface area contributed by atoms with Gasteiger partial charge in [0.05, 0.1) is 24.9 Å². The molecule has 0 aliphatic carbocycles. The van der Waals surface area contributed by atoms with E-state index >= 15 is 0 Å². The van der Waals surface area contributed by atoms with Crippen molar-refractivity contribution in [3.63, 3.8) is 0 Å². The molecular formula is C12H16N2O4. The van der Waals surface area contributed by atoms with Gasteiger partial charge in [-0.05, 0) is 13.8 Å². The number of ketones is 1. The van der Waals surface area contributed by atoms with Gasteiger partial charge in [0.15, 0.2) is 0 Å². The average molecular weight is 252 g/mol. The summed E-state index contributed by atoms with van der Waals surface area (Å²) in [5, 5.41) is 3.70. The molecule has 18 heavy (non-hydrogen) atoms. The summed E-state index contributed by atoms with van der Waals surface area (Å²) < 4.78 is 10.3. The first-order chi connectivity index (χ1) is 8.58. The van der Waals surface area contributed by atoms with E-state index < -0.39 is 0 Å². The lowest BCUT2D eigenvalue weighted by molar-refractivity contribution is -0.119. The number of nitrogens with zero attached hydrogens (tertiary/aromatic N) is 2. The summed E-state index contributed by atoms with van der Waals surface area (Å²) in [6.07, 6.45) is 0.304. The predicted octanol–water partition coefficient (Wildman–Crippen LogP) is 0.803. The van der Waals surface area contributed by atoms with Crippen molar-refractivity contribution in [1.82, 2.24) is 10.1 Å². The first kappa shape index (κ1) is 12.8. The minimum Gasteiger partial charge on any atom is -0.377 e. The van der Waals surface area contributed by atoms with Crippen LogP contribution in [0, 0.1) is 6.92 Å². The van der Waals surface area contributed by atoms with Crippen molar-refractivity contribution in [3.05, 3.63) is 17.5 Å². The molecule has 0 bridgehead atoms. The molecular weight excluding hydrogens is 236 g/mol. The smallest absolute Gasteiger partial charge is 0.292 e. The number of amides is 1. The van der Waals surface area contributed by atoms with Gasteiger partial charge in [-0.25, -0.2) is 0 Å². The van der Waals surface area contributed by atoms with Crippen LogP contribution in [0.25, 0.3) is 0 Å². The maximum atomic E-state index is 12.2. The monoisotopic (exact) mass is 252 g/mol. The highest BCUT2D eigenvalue weighted by atomic mass is 16.5. The third-order valence-electron chi connectivity index (χ3n) is 2.85. The van der Waals surface area contributed by atoms with Crippen molar-refractivity contribution in [1.29, 1.82) is 0 Å². The van der Waals surface area contributed by atoms with Gasteiger partial charge in [-0.15, -0.1) is 0 Å². The van der Waals surface area contributed by atoms with E-state index in [2.05, 4.69) is 5.16 Å². The molecule has 1 aromatic rings. The van der Waals surface area contributed by atoms with Crippen molar-refractivity contribution in [2.24, 2.45) is 0 Å². The largest absolute Gasteiger partial charge is 0.377 e. The first-order valence-corrected chi connectivity index (χ1v) is 5.89. The molecule has 98 valence electrons. The number of rotatable bonds is 3. The van der Waals surface area contributed by atoms with Crippen LogP contribution in [0.2, 0.25) is 0 Å². The number of aryl methyl sites for hydroxylation is 1. The number of ether oxygens (including phenoxy) is 1. The third-order valence-corrected chi connectivity index (χ3v) is 2.85. The zero-order valence-electron chi connectivity index (χ0n) is 10.5. The molecule has 1 aliphatic rings. The van der Waals surface area contributed by atoms with Crippen LogP contribution in [0.15, 0.2) is 10.6 Å². The third kappa shape index (κ3) is 2.76. The minimum atomic E-state index is -0.231. The molecule has 1 saturated heterocycles. The summed E-state index contributed by atoms with van der Waals surface area (Å²) in [5.74, 6) is 0.0187. The Bertz CT molecular complexity index is 455. The molecule has 1 atom stereocenters. The topological polar surface area (TPSA) is 72.6 Å². The zero-order chi connectivity index (χ0) is 13.1. The van der Waals surface area contributed by atoms with Crippen LogP contribution in [0.4, 0.5) is 0 Å². The highest BCUT2D eigenvalue weighted by Gasteiger charge is 2.30. The van der Waals surface area contributed by atoms with E-state index in [1.54, 1.807) is 17.9 Å². The Balaban J connectivity index is 2.13. The van der Waals surface area contributed by atoms with Gasteiger partial charge >= 0.3 is 0 Å². The summed E-state index contributed by atoms with van der Waals surface area (Å²) in [4.78, 5) is 25.1. The molecule has 1 unspecified atom stereocenters. The maximum Gasteiger partial charge on any atom is 0.292 e. The van der Waals surface area contributed by atoms with Crippen molar-refractivity contribution in [2.45, 2.75) is 26.3 Å². The molecule has 1 fully saturated rings. The Labute approximate surface area is 105 Å². The summed E-state index contributed by atoms with van der Waals surface area (Å²) in [6, 6.07) is 1.39. The van der Waals surface area contributed by atoms with Gasteiger partial charge in [0.2, 0.25) is 5.76 Å². The Morgan fingerprint density at radius 2 is 2.33 bits per heavy atom. The molecule has 0 radical (unpaired) electrons. The fraction of sp³-hybridized carbons (Fsp3) is 0.583. The summed E-state index contributed by atoms with van der Waals surface area (Å²) in [6.45, 7) is 4.60. The molecule has 0 spiro atoms. The van der Waals surface area contributed by atoms with Crippen molar-refractivity contribution < 1.29 is 18.8 Å². The van der Waals surface area contributed by atoms with Gasteiger partial charge in [0.25, 0.3) is 5.91 Å². The Kier molecular flexibility index (Phi) is 3.76. The predicted molar refractivity (Wildman–Crippen MR) is 62.2 cm³/mol. The van der Waals surface area contributed by atoms with Gasteiger partial charge in [-0.1, -0.05) is 5.16 Å². The quantitative estimate of drug-likeness (QED) is 0.795. The standard InChI is InChI=1S/C12H16N2O4/c1-8-5-11(18-13-8)12(16)14-3-4-17-7-10(14)6-9(2)15/h5,10H,3-4,6-7H2,1-2H3. The Morgan fingerprint density at radius 1 is 1.56 bits per heavy atom. The van der Waals surface area contributed by atoms with E-state index in [1.807, 2.05) is 0 Å². The number of hydrogen-bond acceptors (Lipinski definition) is 5. The van der Waals surface area contributed by atoms with Crippen LogP contribution in [0.1, 0.15) is 29.6 Å². The van der Waals surface area contributed by atoms with Gasteiger partial charge in [-0.3, -0.25) is 9.59 Å². The number of carbonyl (C=O) groups is 2. The van der Waals surface area contributed by atoms with Crippen molar-refractivity contribution >= 4 is 11.7 Å². The lowest BCUT2D eigenvalue weighted by Gasteiger charge is -2.34. The molecule has 0 aromatic carbocycles. The number of Topliss-reactive ketones (excluding diaryl/α,β-unsaturated/α-hetero) is 1. The SMILES string of the molecule is CC(=O)CC1COCCN1C(=O)c1cc(C)no1. The van der Waals surface area contributed by atoms with E-state index in [0.29, 0.717) is 31.9 Å².